The van der Waals surface area contributed by atoms with Crippen molar-refractivity contribution in [1.29, 1.82) is 0 Å². The van der Waals surface area contributed by atoms with Crippen LogP contribution in [0.1, 0.15) is 78.3 Å². The molecular weight excluding hydrogens is 360 g/mol. The number of aromatic nitrogens is 2. The lowest BCUT2D eigenvalue weighted by atomic mass is 9.96. The predicted molar refractivity (Wildman–Crippen MR) is 121 cm³/mol. The van der Waals surface area contributed by atoms with Gasteiger partial charge in [0, 0.05) is 5.56 Å². The molecule has 0 spiro atoms. The number of hydrogen-bond donors (Lipinski definition) is 0. The Morgan fingerprint density at radius 1 is 0.862 bits per heavy atom. The molecule has 1 aromatic heterocycles. The number of methoxy groups -OCH3 is 1. The smallest absolute Gasteiger partial charge is 0.236 e. The van der Waals surface area contributed by atoms with Gasteiger partial charge in [-0.3, -0.25) is 0 Å². The number of benzene rings is 1. The number of aryl methyl sites for hydroxylation is 2. The van der Waals surface area contributed by atoms with Gasteiger partial charge in [-0.15, -0.1) is 0 Å². The molecule has 0 fully saturated rings. The molecule has 2 aromatic rings. The second kappa shape index (κ2) is 10.1. The Labute approximate surface area is 177 Å². The van der Waals surface area contributed by atoms with E-state index in [4.69, 9.17) is 19.4 Å². The SMILES string of the molecule is CCc1nc(-c2ccc(C(C)C)cc2OC)c(CC)nc1OC(C(C)C)C(C)C. The van der Waals surface area contributed by atoms with E-state index in [1.54, 1.807) is 7.11 Å². The van der Waals surface area contributed by atoms with Crippen LogP contribution in [0.3, 0.4) is 0 Å². The van der Waals surface area contributed by atoms with Gasteiger partial charge in [-0.1, -0.05) is 61.5 Å². The zero-order valence-electron chi connectivity index (χ0n) is 19.7. The third kappa shape index (κ3) is 5.29. The summed E-state index contributed by atoms with van der Waals surface area (Å²) in [7, 11) is 1.72. The molecule has 4 nitrogen and oxygen atoms in total. The van der Waals surface area contributed by atoms with E-state index >= 15 is 0 Å². The molecule has 4 heteroatoms. The molecule has 0 saturated heterocycles. The first-order chi connectivity index (χ1) is 13.7. The van der Waals surface area contributed by atoms with Gasteiger partial charge in [0.1, 0.15) is 17.5 Å². The zero-order chi connectivity index (χ0) is 21.7. The van der Waals surface area contributed by atoms with Crippen LogP contribution in [-0.2, 0) is 12.8 Å². The summed E-state index contributed by atoms with van der Waals surface area (Å²) in [5, 5.41) is 0. The third-order valence-electron chi connectivity index (χ3n) is 5.38. The first kappa shape index (κ1) is 23.2. The fourth-order valence-electron chi connectivity index (χ4n) is 3.71. The molecule has 0 radical (unpaired) electrons. The van der Waals surface area contributed by atoms with Crippen molar-refractivity contribution in [3.05, 3.63) is 35.2 Å². The monoisotopic (exact) mass is 398 g/mol. The molecule has 0 N–H and O–H groups in total. The van der Waals surface area contributed by atoms with Crippen molar-refractivity contribution in [3.8, 4) is 22.9 Å². The van der Waals surface area contributed by atoms with E-state index in [0.29, 0.717) is 23.6 Å². The Balaban J connectivity index is 2.58. The van der Waals surface area contributed by atoms with Crippen molar-refractivity contribution in [1.82, 2.24) is 9.97 Å². The van der Waals surface area contributed by atoms with Gasteiger partial charge in [0.2, 0.25) is 5.88 Å². The van der Waals surface area contributed by atoms with E-state index in [1.165, 1.54) is 5.56 Å². The van der Waals surface area contributed by atoms with Crippen molar-refractivity contribution in [2.45, 2.75) is 80.3 Å². The van der Waals surface area contributed by atoms with Crippen LogP contribution in [0.4, 0.5) is 0 Å². The molecule has 29 heavy (non-hydrogen) atoms. The second-order valence-corrected chi connectivity index (χ2v) is 8.66. The van der Waals surface area contributed by atoms with Crippen LogP contribution in [0.2, 0.25) is 0 Å². The molecule has 160 valence electrons. The standard InChI is InChI=1S/C25H38N2O2/c1-10-20-23(19-13-12-18(15(3)4)14-22(19)28-9)26-21(11-2)25(27-20)29-24(16(5)6)17(7)8/h12-17,24H,10-11H2,1-9H3. The van der Waals surface area contributed by atoms with Crippen LogP contribution in [0, 0.1) is 11.8 Å². The molecule has 0 aliphatic carbocycles. The average Bonchev–Trinajstić information content (AvgIpc) is 2.70. The lowest BCUT2D eigenvalue weighted by Crippen LogP contribution is -2.30. The Hall–Kier alpha value is -2.10. The third-order valence-corrected chi connectivity index (χ3v) is 5.38. The van der Waals surface area contributed by atoms with Crippen molar-refractivity contribution in [3.63, 3.8) is 0 Å². The minimum Gasteiger partial charge on any atom is -0.496 e. The molecule has 0 unspecified atom stereocenters. The molecule has 0 bridgehead atoms. The van der Waals surface area contributed by atoms with Crippen LogP contribution in [0.15, 0.2) is 18.2 Å². The van der Waals surface area contributed by atoms with Crippen molar-refractivity contribution in [2.75, 3.05) is 7.11 Å². The van der Waals surface area contributed by atoms with E-state index in [0.717, 1.165) is 41.2 Å². The maximum absolute atomic E-state index is 6.40. The summed E-state index contributed by atoms with van der Waals surface area (Å²) in [4.78, 5) is 9.96. The molecular formula is C25H38N2O2. The van der Waals surface area contributed by atoms with E-state index in [1.807, 2.05) is 0 Å². The number of hydrogen-bond acceptors (Lipinski definition) is 4. The van der Waals surface area contributed by atoms with Gasteiger partial charge < -0.3 is 9.47 Å². The van der Waals surface area contributed by atoms with Gasteiger partial charge in [-0.2, -0.15) is 0 Å². The maximum atomic E-state index is 6.40. The van der Waals surface area contributed by atoms with Crippen molar-refractivity contribution in [2.24, 2.45) is 11.8 Å². The molecule has 2 rings (SSSR count). The van der Waals surface area contributed by atoms with Crippen molar-refractivity contribution >= 4 is 0 Å². The number of ether oxygens (including phenoxy) is 2. The van der Waals surface area contributed by atoms with Crippen LogP contribution < -0.4 is 9.47 Å². The van der Waals surface area contributed by atoms with Gasteiger partial charge >= 0.3 is 0 Å². The molecule has 0 amide bonds. The van der Waals surface area contributed by atoms with E-state index < -0.39 is 0 Å². The summed E-state index contributed by atoms with van der Waals surface area (Å²) < 4.78 is 12.1. The maximum Gasteiger partial charge on any atom is 0.236 e. The Morgan fingerprint density at radius 2 is 1.48 bits per heavy atom. The van der Waals surface area contributed by atoms with Crippen LogP contribution in [0.25, 0.3) is 11.3 Å². The fourth-order valence-corrected chi connectivity index (χ4v) is 3.71. The molecule has 1 heterocycles. The van der Waals surface area contributed by atoms with Gasteiger partial charge in [0.05, 0.1) is 18.5 Å². The molecule has 1 aromatic carbocycles. The lowest BCUT2D eigenvalue weighted by Gasteiger charge is -2.27. The van der Waals surface area contributed by atoms with Crippen LogP contribution >= 0.6 is 0 Å². The first-order valence-corrected chi connectivity index (χ1v) is 11.0. The van der Waals surface area contributed by atoms with E-state index in [2.05, 4.69) is 73.6 Å². The summed E-state index contributed by atoms with van der Waals surface area (Å²) in [5.41, 5.74) is 4.99. The Bertz CT molecular complexity index is 805. The highest BCUT2D eigenvalue weighted by Gasteiger charge is 2.24. The second-order valence-electron chi connectivity index (χ2n) is 8.66. The fraction of sp³-hybridized carbons (Fsp3) is 0.600. The Morgan fingerprint density at radius 3 is 1.97 bits per heavy atom. The molecule has 0 aliphatic rings. The van der Waals surface area contributed by atoms with E-state index in [-0.39, 0.29) is 6.10 Å². The minimum absolute atomic E-state index is 0.116. The number of rotatable bonds is 9. The molecule has 0 atom stereocenters. The number of nitrogens with zero attached hydrogens (tertiary/aromatic N) is 2. The van der Waals surface area contributed by atoms with E-state index in [9.17, 15) is 0 Å². The van der Waals surface area contributed by atoms with Gasteiger partial charge in [-0.05, 0) is 48.3 Å². The lowest BCUT2D eigenvalue weighted by molar-refractivity contribution is 0.0976. The summed E-state index contributed by atoms with van der Waals surface area (Å²) in [6, 6.07) is 6.39. The quantitative estimate of drug-likeness (QED) is 0.486. The van der Waals surface area contributed by atoms with Crippen LogP contribution in [-0.4, -0.2) is 23.2 Å². The summed E-state index contributed by atoms with van der Waals surface area (Å²) >= 11 is 0. The summed E-state index contributed by atoms with van der Waals surface area (Å²) in [5.74, 6) is 2.79. The molecule has 0 saturated carbocycles. The van der Waals surface area contributed by atoms with Gasteiger partial charge in [0.15, 0.2) is 0 Å². The summed E-state index contributed by atoms with van der Waals surface area (Å²) in [6.45, 7) is 17.4. The largest absolute Gasteiger partial charge is 0.496 e. The highest BCUT2D eigenvalue weighted by atomic mass is 16.5. The predicted octanol–water partition coefficient (Wildman–Crippen LogP) is 6.46. The normalized spacial score (nSPS) is 11.8. The minimum atomic E-state index is 0.116. The first-order valence-electron chi connectivity index (χ1n) is 11.0. The zero-order valence-corrected chi connectivity index (χ0v) is 19.7. The Kier molecular flexibility index (Phi) is 8.06. The van der Waals surface area contributed by atoms with Gasteiger partial charge in [0.25, 0.3) is 0 Å². The topological polar surface area (TPSA) is 44.2 Å². The average molecular weight is 399 g/mol. The highest BCUT2D eigenvalue weighted by molar-refractivity contribution is 5.70. The highest BCUT2D eigenvalue weighted by Crippen LogP contribution is 2.35. The summed E-state index contributed by atoms with van der Waals surface area (Å²) in [6.07, 6.45) is 1.67. The van der Waals surface area contributed by atoms with Crippen molar-refractivity contribution < 1.29 is 9.47 Å². The van der Waals surface area contributed by atoms with Gasteiger partial charge in [-0.25, -0.2) is 9.97 Å². The van der Waals surface area contributed by atoms with Crippen LogP contribution in [0.5, 0.6) is 11.6 Å². The molecule has 0 aliphatic heterocycles.